The largest absolute Gasteiger partial charge is 0.444 e. The Balaban J connectivity index is 1.65. The fraction of sp³-hybridized carbons (Fsp3) is 0.667. The van der Waals surface area contributed by atoms with Crippen LogP contribution in [0, 0.1) is 5.92 Å². The number of hydrogen-bond donors (Lipinski definition) is 3. The fourth-order valence-corrected chi connectivity index (χ4v) is 5.80. The van der Waals surface area contributed by atoms with E-state index in [4.69, 9.17) is 10.5 Å². The molecular formula is C24H38N4O5S. The summed E-state index contributed by atoms with van der Waals surface area (Å²) in [7, 11) is -1.87. The summed E-state index contributed by atoms with van der Waals surface area (Å²) in [5.74, 6) is -0.207. The Bertz CT molecular complexity index is 962. The van der Waals surface area contributed by atoms with Gasteiger partial charge in [-0.15, -0.1) is 0 Å². The molecule has 10 heteroatoms. The second kappa shape index (κ2) is 10.5. The van der Waals surface area contributed by atoms with Crippen molar-refractivity contribution in [2.45, 2.75) is 94.3 Å². The molecule has 0 heterocycles. The molecule has 1 aromatic carbocycles. The van der Waals surface area contributed by atoms with Crippen LogP contribution >= 0.6 is 0 Å². The number of nitrogens with one attached hydrogen (secondary N) is 2. The van der Waals surface area contributed by atoms with E-state index in [1.807, 2.05) is 0 Å². The van der Waals surface area contributed by atoms with Crippen molar-refractivity contribution < 1.29 is 22.7 Å². The van der Waals surface area contributed by atoms with Crippen LogP contribution in [0.1, 0.15) is 65.7 Å². The first-order valence-electron chi connectivity index (χ1n) is 12.0. The summed E-state index contributed by atoms with van der Waals surface area (Å²) >= 11 is 0. The Morgan fingerprint density at radius 3 is 2.15 bits per heavy atom. The van der Waals surface area contributed by atoms with Crippen LogP contribution in [0.3, 0.4) is 0 Å². The fourth-order valence-electron chi connectivity index (χ4n) is 4.49. The third-order valence-electron chi connectivity index (χ3n) is 6.66. The number of rotatable bonds is 7. The van der Waals surface area contributed by atoms with Gasteiger partial charge in [-0.2, -0.15) is 0 Å². The molecular weight excluding hydrogens is 456 g/mol. The van der Waals surface area contributed by atoms with Crippen LogP contribution in [-0.2, 0) is 19.6 Å². The zero-order valence-electron chi connectivity index (χ0n) is 20.5. The molecule has 2 aliphatic carbocycles. The lowest BCUT2D eigenvalue weighted by Gasteiger charge is -2.40. The molecule has 34 heavy (non-hydrogen) atoms. The van der Waals surface area contributed by atoms with E-state index in [0.29, 0.717) is 31.4 Å². The van der Waals surface area contributed by atoms with E-state index in [-0.39, 0.29) is 28.8 Å². The average Bonchev–Trinajstić information content (AvgIpc) is 2.69. The average molecular weight is 495 g/mol. The van der Waals surface area contributed by atoms with E-state index >= 15 is 0 Å². The predicted molar refractivity (Wildman–Crippen MR) is 130 cm³/mol. The normalized spacial score (nSPS) is 22.4. The van der Waals surface area contributed by atoms with Crippen LogP contribution < -0.4 is 15.8 Å². The highest BCUT2D eigenvalue weighted by atomic mass is 32.2. The number of nitrogen functional groups attached to an aromatic ring is 1. The lowest BCUT2D eigenvalue weighted by molar-refractivity contribution is -0.137. The Morgan fingerprint density at radius 2 is 1.65 bits per heavy atom. The van der Waals surface area contributed by atoms with Gasteiger partial charge in [0.2, 0.25) is 15.9 Å². The number of sulfonamides is 1. The van der Waals surface area contributed by atoms with Crippen molar-refractivity contribution >= 4 is 27.7 Å². The minimum atomic E-state index is -3.66. The number of benzene rings is 1. The number of anilines is 1. The van der Waals surface area contributed by atoms with Gasteiger partial charge >= 0.3 is 6.09 Å². The molecule has 4 N–H and O–H groups in total. The monoisotopic (exact) mass is 494 g/mol. The van der Waals surface area contributed by atoms with Crippen molar-refractivity contribution in [3.05, 3.63) is 24.3 Å². The third-order valence-corrected chi connectivity index (χ3v) is 8.20. The van der Waals surface area contributed by atoms with Crippen LogP contribution in [0.5, 0.6) is 0 Å². The van der Waals surface area contributed by atoms with E-state index in [9.17, 15) is 18.0 Å². The molecule has 3 rings (SSSR count). The highest BCUT2D eigenvalue weighted by Gasteiger charge is 2.39. The second-order valence-corrected chi connectivity index (χ2v) is 12.2. The minimum Gasteiger partial charge on any atom is -0.444 e. The molecule has 2 fully saturated rings. The first kappa shape index (κ1) is 26.3. The molecule has 2 amide bonds. The van der Waals surface area contributed by atoms with Crippen molar-refractivity contribution in [2.24, 2.45) is 5.92 Å². The van der Waals surface area contributed by atoms with Gasteiger partial charge in [-0.1, -0.05) is 0 Å². The molecule has 0 aliphatic heterocycles. The molecule has 0 spiro atoms. The second-order valence-electron chi connectivity index (χ2n) is 10.5. The Kier molecular flexibility index (Phi) is 8.13. The molecule has 1 atom stereocenters. The van der Waals surface area contributed by atoms with Gasteiger partial charge in [0.15, 0.2) is 0 Å². The highest BCUT2D eigenvalue weighted by Crippen LogP contribution is 2.31. The Morgan fingerprint density at radius 1 is 1.06 bits per heavy atom. The highest BCUT2D eigenvalue weighted by molar-refractivity contribution is 7.89. The van der Waals surface area contributed by atoms with E-state index < -0.39 is 27.8 Å². The summed E-state index contributed by atoms with van der Waals surface area (Å²) in [6.07, 6.45) is 4.81. The van der Waals surface area contributed by atoms with Crippen molar-refractivity contribution in [3.8, 4) is 0 Å². The maximum atomic E-state index is 13.3. The quantitative estimate of drug-likeness (QED) is 0.500. The SMILES string of the molecule is CN(C(=O)[C@@H](NC(=O)OC(C)(C)C)[C@H]1CC[C@H](NS(=O)(=O)c2ccc(N)cc2)CC1)C1CCC1. The smallest absolute Gasteiger partial charge is 0.408 e. The van der Waals surface area contributed by atoms with Gasteiger partial charge < -0.3 is 20.7 Å². The molecule has 0 aromatic heterocycles. The van der Waals surface area contributed by atoms with Crippen LogP contribution in [-0.4, -0.2) is 56.1 Å². The predicted octanol–water partition coefficient (Wildman–Crippen LogP) is 3.01. The molecule has 0 bridgehead atoms. The summed E-state index contributed by atoms with van der Waals surface area (Å²) in [4.78, 5) is 27.8. The minimum absolute atomic E-state index is 0.0974. The van der Waals surface area contributed by atoms with E-state index in [1.54, 1.807) is 44.9 Å². The number of likely N-dealkylation sites (N-methyl/N-ethyl adjacent to an activating group) is 1. The van der Waals surface area contributed by atoms with Crippen molar-refractivity contribution in [1.82, 2.24) is 14.9 Å². The van der Waals surface area contributed by atoms with Crippen molar-refractivity contribution in [2.75, 3.05) is 12.8 Å². The first-order valence-corrected chi connectivity index (χ1v) is 13.5. The van der Waals surface area contributed by atoms with Crippen molar-refractivity contribution in [1.29, 1.82) is 0 Å². The number of amides is 2. The Hall–Kier alpha value is -2.33. The summed E-state index contributed by atoms with van der Waals surface area (Å²) in [5.41, 5.74) is 5.49. The summed E-state index contributed by atoms with van der Waals surface area (Å²) in [5, 5.41) is 2.82. The van der Waals surface area contributed by atoms with E-state index in [1.165, 1.54) is 12.1 Å². The molecule has 9 nitrogen and oxygen atoms in total. The first-order chi connectivity index (χ1) is 15.9. The number of alkyl carbamates (subject to hydrolysis) is 1. The molecule has 0 saturated heterocycles. The number of nitrogens with zero attached hydrogens (tertiary/aromatic N) is 1. The Labute approximate surface area is 202 Å². The van der Waals surface area contributed by atoms with Gasteiger partial charge in [-0.25, -0.2) is 17.9 Å². The standard InChI is InChI=1S/C24H38N4O5S/c1-24(2,3)33-23(30)26-21(22(29)28(4)19-6-5-7-19)16-8-12-18(13-9-16)27-34(31,32)20-14-10-17(25)11-15-20/h10-11,14-16,18-19,21,27H,5-9,12-13,25H2,1-4H3,(H,26,30)/t16-,18-,21-/m0/s1. The molecule has 2 aliphatic rings. The van der Waals surface area contributed by atoms with E-state index in [2.05, 4.69) is 10.0 Å². The molecule has 2 saturated carbocycles. The van der Waals surface area contributed by atoms with Crippen LogP contribution in [0.2, 0.25) is 0 Å². The lowest BCUT2D eigenvalue weighted by atomic mass is 9.80. The maximum absolute atomic E-state index is 13.3. The number of carbonyl (C=O) groups is 2. The number of carbonyl (C=O) groups excluding carboxylic acids is 2. The molecule has 1 aromatic rings. The summed E-state index contributed by atoms with van der Waals surface area (Å²) in [6, 6.07) is 5.36. The van der Waals surface area contributed by atoms with E-state index in [0.717, 1.165) is 19.3 Å². The van der Waals surface area contributed by atoms with Gasteiger partial charge in [-0.3, -0.25) is 4.79 Å². The topological polar surface area (TPSA) is 131 Å². The third kappa shape index (κ3) is 6.85. The molecule has 190 valence electrons. The molecule has 0 unspecified atom stereocenters. The summed E-state index contributed by atoms with van der Waals surface area (Å²) < 4.78 is 33.6. The van der Waals surface area contributed by atoms with Crippen LogP contribution in [0.15, 0.2) is 29.2 Å². The van der Waals surface area contributed by atoms with Gasteiger partial charge in [0.05, 0.1) is 4.90 Å². The lowest BCUT2D eigenvalue weighted by Crippen LogP contribution is -2.56. The van der Waals surface area contributed by atoms with Gasteiger partial charge in [0.1, 0.15) is 11.6 Å². The zero-order valence-corrected chi connectivity index (χ0v) is 21.4. The summed E-state index contributed by atoms with van der Waals surface area (Å²) in [6.45, 7) is 5.34. The molecule has 0 radical (unpaired) electrons. The number of hydrogen-bond acceptors (Lipinski definition) is 6. The maximum Gasteiger partial charge on any atom is 0.408 e. The van der Waals surface area contributed by atoms with Gasteiger partial charge in [-0.05, 0) is 95.9 Å². The van der Waals surface area contributed by atoms with Crippen molar-refractivity contribution in [3.63, 3.8) is 0 Å². The van der Waals surface area contributed by atoms with Crippen LogP contribution in [0.25, 0.3) is 0 Å². The van der Waals surface area contributed by atoms with Crippen LogP contribution in [0.4, 0.5) is 10.5 Å². The number of nitrogens with two attached hydrogens (primary N) is 1. The zero-order chi connectivity index (χ0) is 25.1. The van der Waals surface area contributed by atoms with Gasteiger partial charge in [0.25, 0.3) is 0 Å². The number of ether oxygens (including phenoxy) is 1. The van der Waals surface area contributed by atoms with Gasteiger partial charge in [0, 0.05) is 24.8 Å².